The fraction of sp³-hybridized carbons (Fsp3) is 0.235. The average Bonchev–Trinajstić information content (AvgIpc) is 2.58. The topological polar surface area (TPSA) is 58.6 Å². The van der Waals surface area contributed by atoms with Crippen LogP contribution >= 0.6 is 22.0 Å². The first-order valence-electron chi connectivity index (χ1n) is 8.12. The summed E-state index contributed by atoms with van der Waals surface area (Å²) < 4.78 is 105. The number of nitrogens with one attached hydrogen (secondary N) is 1. The molecular formula is C17H15F8NO3S2. The number of carbonyl (C=O) groups is 1. The van der Waals surface area contributed by atoms with Crippen molar-refractivity contribution in [3.8, 4) is 5.75 Å². The summed E-state index contributed by atoms with van der Waals surface area (Å²) in [5.74, 6) is -2.00. The number of benzene rings is 2. The van der Waals surface area contributed by atoms with E-state index < -0.39 is 44.4 Å². The van der Waals surface area contributed by atoms with Gasteiger partial charge in [0.15, 0.2) is 0 Å². The Hall–Kier alpha value is -2.19. The lowest BCUT2D eigenvalue weighted by molar-refractivity contribution is -0.274. The van der Waals surface area contributed by atoms with Gasteiger partial charge in [0.05, 0.1) is 0 Å². The SMILES string of the molecule is CC(O)(CSc1ccc(OC(F)(F)F)cc1)C(=O)Nc1cccc(S(F)(F)(F)(F)F)c1. The van der Waals surface area contributed by atoms with Gasteiger partial charge in [0.2, 0.25) is 0 Å². The molecule has 0 bridgehead atoms. The minimum atomic E-state index is -9.95. The van der Waals surface area contributed by atoms with Gasteiger partial charge in [-0.15, -0.1) is 24.9 Å². The molecule has 2 rings (SSSR count). The van der Waals surface area contributed by atoms with Crippen LogP contribution in [0.1, 0.15) is 6.92 Å². The van der Waals surface area contributed by atoms with Crippen molar-refractivity contribution in [2.45, 2.75) is 28.7 Å². The molecule has 2 N–H and O–H groups in total. The van der Waals surface area contributed by atoms with E-state index in [1.54, 1.807) is 0 Å². The van der Waals surface area contributed by atoms with Crippen LogP contribution in [0.15, 0.2) is 58.3 Å². The number of amides is 1. The monoisotopic (exact) mass is 497 g/mol. The number of aliphatic hydroxyl groups is 1. The molecule has 1 unspecified atom stereocenters. The van der Waals surface area contributed by atoms with Crippen LogP contribution in [-0.4, -0.2) is 28.7 Å². The highest BCUT2D eigenvalue weighted by Gasteiger charge is 2.65. The maximum atomic E-state index is 12.9. The highest BCUT2D eigenvalue weighted by atomic mass is 32.5. The van der Waals surface area contributed by atoms with Crippen molar-refractivity contribution < 1.29 is 47.2 Å². The summed E-state index contributed by atoms with van der Waals surface area (Å²) in [6.07, 6.45) is -4.87. The van der Waals surface area contributed by atoms with Gasteiger partial charge in [-0.25, -0.2) is 0 Å². The lowest BCUT2D eigenvalue weighted by Crippen LogP contribution is -2.42. The first kappa shape index (κ1) is 25.1. The molecule has 0 spiro atoms. The third kappa shape index (κ3) is 7.78. The predicted octanol–water partition coefficient (Wildman–Crippen LogP) is 6.72. The largest absolute Gasteiger partial charge is 0.573 e. The number of alkyl halides is 3. The van der Waals surface area contributed by atoms with Crippen molar-refractivity contribution >= 4 is 33.6 Å². The summed E-state index contributed by atoms with van der Waals surface area (Å²) in [4.78, 5) is 10.4. The van der Waals surface area contributed by atoms with E-state index in [0.29, 0.717) is 11.0 Å². The van der Waals surface area contributed by atoms with Crippen LogP contribution in [0.4, 0.5) is 38.3 Å². The molecule has 174 valence electrons. The van der Waals surface area contributed by atoms with Gasteiger partial charge in [-0.2, -0.15) is 0 Å². The summed E-state index contributed by atoms with van der Waals surface area (Å²) >= 11 is 0.857. The molecule has 14 heteroatoms. The summed E-state index contributed by atoms with van der Waals surface area (Å²) in [7, 11) is -9.95. The Bertz CT molecular complexity index is 961. The van der Waals surface area contributed by atoms with Crippen LogP contribution < -0.4 is 10.1 Å². The second-order valence-electron chi connectivity index (χ2n) is 6.53. The molecule has 0 aliphatic carbocycles. The van der Waals surface area contributed by atoms with Crippen LogP contribution in [0, 0.1) is 0 Å². The lowest BCUT2D eigenvalue weighted by Gasteiger charge is -2.40. The van der Waals surface area contributed by atoms with Crippen LogP contribution in [-0.2, 0) is 4.79 Å². The third-order valence-corrected chi connectivity index (χ3v) is 6.06. The molecule has 0 saturated heterocycles. The Labute approximate surface area is 175 Å². The maximum Gasteiger partial charge on any atom is 0.573 e. The fourth-order valence-corrected chi connectivity index (χ4v) is 3.70. The van der Waals surface area contributed by atoms with Gasteiger partial charge in [-0.05, 0) is 49.4 Å². The highest BCUT2D eigenvalue weighted by Crippen LogP contribution is 3.02. The molecule has 4 nitrogen and oxygen atoms in total. The Morgan fingerprint density at radius 1 is 1.06 bits per heavy atom. The Balaban J connectivity index is 2.04. The van der Waals surface area contributed by atoms with E-state index >= 15 is 0 Å². The van der Waals surface area contributed by atoms with E-state index in [0.717, 1.165) is 36.9 Å². The van der Waals surface area contributed by atoms with Crippen LogP contribution in [0.25, 0.3) is 0 Å². The van der Waals surface area contributed by atoms with E-state index in [-0.39, 0.29) is 17.9 Å². The van der Waals surface area contributed by atoms with Crippen LogP contribution in [0.3, 0.4) is 0 Å². The van der Waals surface area contributed by atoms with Gasteiger partial charge < -0.3 is 15.2 Å². The molecule has 2 aromatic carbocycles. The normalized spacial score (nSPS) is 16.6. The number of anilines is 1. The number of thioether (sulfide) groups is 1. The molecule has 0 aromatic heterocycles. The van der Waals surface area contributed by atoms with Gasteiger partial charge in [0.25, 0.3) is 5.91 Å². The van der Waals surface area contributed by atoms with Crippen molar-refractivity contribution in [1.82, 2.24) is 0 Å². The Morgan fingerprint density at radius 3 is 2.16 bits per heavy atom. The van der Waals surface area contributed by atoms with Crippen molar-refractivity contribution in [2.24, 2.45) is 0 Å². The van der Waals surface area contributed by atoms with Crippen LogP contribution in [0.5, 0.6) is 5.75 Å². The lowest BCUT2D eigenvalue weighted by atomic mass is 10.1. The molecule has 0 heterocycles. The van der Waals surface area contributed by atoms with Crippen molar-refractivity contribution in [1.29, 1.82) is 0 Å². The van der Waals surface area contributed by atoms with Gasteiger partial charge >= 0.3 is 16.6 Å². The number of hydrogen-bond donors (Lipinski definition) is 2. The van der Waals surface area contributed by atoms with Crippen molar-refractivity contribution in [3.63, 3.8) is 0 Å². The summed E-state index contributed by atoms with van der Waals surface area (Å²) in [5.41, 5.74) is -2.76. The molecule has 1 atom stereocenters. The number of halogens is 8. The van der Waals surface area contributed by atoms with Crippen molar-refractivity contribution in [3.05, 3.63) is 48.5 Å². The second-order valence-corrected chi connectivity index (χ2v) is 9.99. The zero-order chi connectivity index (χ0) is 23.8. The quantitative estimate of drug-likeness (QED) is 0.329. The maximum absolute atomic E-state index is 12.9. The first-order valence-corrected chi connectivity index (χ1v) is 11.1. The standard InChI is InChI=1S/C17H15F8NO3S2/c1-16(28,10-30-13-7-5-12(6-8-13)29-17(18,19)20)15(27)26-11-3-2-4-14(9-11)31(21,22,23,24)25/h2-9,28H,10H2,1H3,(H,26,27). The first-order chi connectivity index (χ1) is 13.7. The fourth-order valence-electron chi connectivity index (χ4n) is 2.11. The Kier molecular flexibility index (Phi) is 6.02. The summed E-state index contributed by atoms with van der Waals surface area (Å²) in [5, 5.41) is 12.2. The molecule has 0 aliphatic rings. The molecular weight excluding hydrogens is 482 g/mol. The van der Waals surface area contributed by atoms with E-state index in [1.165, 1.54) is 12.1 Å². The number of ether oxygens (including phenoxy) is 1. The highest BCUT2D eigenvalue weighted by molar-refractivity contribution is 8.45. The molecule has 31 heavy (non-hydrogen) atoms. The van der Waals surface area contributed by atoms with E-state index in [9.17, 15) is 42.5 Å². The summed E-state index contributed by atoms with van der Waals surface area (Å²) in [6, 6.07) is 6.33. The second kappa shape index (κ2) is 7.45. The zero-order valence-electron chi connectivity index (χ0n) is 15.4. The smallest absolute Gasteiger partial charge is 0.406 e. The molecule has 0 aliphatic heterocycles. The molecule has 1 amide bonds. The molecule has 2 aromatic rings. The molecule has 0 radical (unpaired) electrons. The Morgan fingerprint density at radius 2 is 1.65 bits per heavy atom. The third-order valence-electron chi connectivity index (χ3n) is 3.60. The average molecular weight is 497 g/mol. The number of hydrogen-bond acceptors (Lipinski definition) is 4. The van der Waals surface area contributed by atoms with Gasteiger partial charge in [0.1, 0.15) is 16.2 Å². The molecule has 0 fully saturated rings. The van der Waals surface area contributed by atoms with Crippen LogP contribution in [0.2, 0.25) is 0 Å². The molecule has 0 saturated carbocycles. The van der Waals surface area contributed by atoms with E-state index in [2.05, 4.69) is 4.74 Å². The van der Waals surface area contributed by atoms with E-state index in [1.807, 2.05) is 5.32 Å². The minimum Gasteiger partial charge on any atom is -0.406 e. The number of carbonyl (C=O) groups excluding carboxylic acids is 1. The minimum absolute atomic E-state index is 0.0576. The zero-order valence-corrected chi connectivity index (χ0v) is 17.1. The van der Waals surface area contributed by atoms with Gasteiger partial charge in [-0.3, -0.25) is 4.79 Å². The van der Waals surface area contributed by atoms with E-state index in [4.69, 9.17) is 0 Å². The predicted molar refractivity (Wildman–Crippen MR) is 101 cm³/mol. The van der Waals surface area contributed by atoms with Gasteiger partial charge in [0, 0.05) is 16.3 Å². The van der Waals surface area contributed by atoms with Gasteiger partial charge in [-0.1, -0.05) is 25.5 Å². The van der Waals surface area contributed by atoms with Crippen molar-refractivity contribution in [2.75, 3.05) is 11.1 Å². The summed E-state index contributed by atoms with van der Waals surface area (Å²) in [6.45, 7) is 1.03. The number of rotatable bonds is 7.